The van der Waals surface area contributed by atoms with Gasteiger partial charge in [-0.05, 0) is 18.2 Å². The fourth-order valence-electron chi connectivity index (χ4n) is 1.76. The number of halogens is 3. The van der Waals surface area contributed by atoms with Crippen LogP contribution in [0.15, 0.2) is 18.2 Å². The Hall–Kier alpha value is -2.62. The van der Waals surface area contributed by atoms with Gasteiger partial charge in [0.15, 0.2) is 6.10 Å². The molecule has 0 aliphatic rings. The summed E-state index contributed by atoms with van der Waals surface area (Å²) in [5.41, 5.74) is -1.71. The molecule has 24 heavy (non-hydrogen) atoms. The summed E-state index contributed by atoms with van der Waals surface area (Å²) < 4.78 is 43.2. The summed E-state index contributed by atoms with van der Waals surface area (Å²) in [7, 11) is 1.12. The molecule has 0 heterocycles. The first-order valence-corrected chi connectivity index (χ1v) is 6.58. The van der Waals surface area contributed by atoms with Crippen LogP contribution in [-0.4, -0.2) is 42.6 Å². The third-order valence-electron chi connectivity index (χ3n) is 2.85. The number of hydrogen-bond donors (Lipinski definition) is 3. The Kier molecular flexibility index (Phi) is 6.29. The topological polar surface area (TPSA) is 105 Å². The van der Waals surface area contributed by atoms with Crippen molar-refractivity contribution in [3.63, 3.8) is 0 Å². The zero-order valence-electron chi connectivity index (χ0n) is 12.7. The van der Waals surface area contributed by atoms with Gasteiger partial charge in [-0.3, -0.25) is 9.59 Å². The number of carboxylic acid groups (broad SMARTS) is 1. The maximum atomic E-state index is 12.9. The number of amides is 2. The van der Waals surface area contributed by atoms with Crippen LogP contribution in [0.25, 0.3) is 0 Å². The molecule has 2 amide bonds. The molecule has 10 heteroatoms. The van der Waals surface area contributed by atoms with E-state index in [-0.39, 0.29) is 11.3 Å². The maximum absolute atomic E-state index is 12.9. The molecule has 0 radical (unpaired) electrons. The van der Waals surface area contributed by atoms with Crippen LogP contribution in [0.3, 0.4) is 0 Å². The number of carboxylic acids is 1. The van der Waals surface area contributed by atoms with E-state index in [4.69, 9.17) is 5.11 Å². The van der Waals surface area contributed by atoms with Gasteiger partial charge in [0.2, 0.25) is 5.91 Å². The molecular weight excluding hydrogens is 333 g/mol. The van der Waals surface area contributed by atoms with E-state index >= 15 is 0 Å². The van der Waals surface area contributed by atoms with Crippen LogP contribution >= 0.6 is 0 Å². The fraction of sp³-hybridized carbons (Fsp3) is 0.357. The first kappa shape index (κ1) is 19.4. The van der Waals surface area contributed by atoms with Crippen molar-refractivity contribution in [2.45, 2.75) is 19.2 Å². The lowest BCUT2D eigenvalue weighted by Gasteiger charge is -2.14. The Balaban J connectivity index is 3.05. The van der Waals surface area contributed by atoms with E-state index in [0.29, 0.717) is 12.1 Å². The Morgan fingerprint density at radius 3 is 2.33 bits per heavy atom. The molecule has 0 spiro atoms. The highest BCUT2D eigenvalue weighted by atomic mass is 19.4. The average molecular weight is 348 g/mol. The minimum atomic E-state index is -4.72. The molecule has 0 aliphatic carbocycles. The molecule has 3 N–H and O–H groups in total. The van der Waals surface area contributed by atoms with E-state index < -0.39 is 42.2 Å². The molecule has 0 bridgehead atoms. The summed E-state index contributed by atoms with van der Waals surface area (Å²) >= 11 is 0. The molecule has 1 unspecified atom stereocenters. The van der Waals surface area contributed by atoms with Gasteiger partial charge in [-0.15, -0.1) is 0 Å². The number of carbonyl (C=O) groups excluding carboxylic acids is 2. The van der Waals surface area contributed by atoms with Crippen molar-refractivity contribution < 1.29 is 37.4 Å². The monoisotopic (exact) mass is 348 g/mol. The summed E-state index contributed by atoms with van der Waals surface area (Å²) in [6.07, 6.45) is -6.06. The molecular formula is C14H15F3N2O5. The minimum Gasteiger partial charge on any atom is -0.479 e. The van der Waals surface area contributed by atoms with Gasteiger partial charge >= 0.3 is 12.1 Å². The van der Waals surface area contributed by atoms with Crippen molar-refractivity contribution in [3.8, 4) is 0 Å². The predicted octanol–water partition coefficient (Wildman–Crippen LogP) is 1.49. The molecule has 0 fully saturated rings. The Morgan fingerprint density at radius 2 is 1.88 bits per heavy atom. The number of nitrogens with one attached hydrogen (secondary N) is 2. The summed E-state index contributed by atoms with van der Waals surface area (Å²) in [6.45, 7) is 0.673. The van der Waals surface area contributed by atoms with Crippen LogP contribution in [-0.2, 0) is 20.5 Å². The second-order valence-corrected chi connectivity index (χ2v) is 4.75. The van der Waals surface area contributed by atoms with Gasteiger partial charge in [0.05, 0.1) is 12.1 Å². The van der Waals surface area contributed by atoms with Crippen molar-refractivity contribution in [1.82, 2.24) is 5.32 Å². The van der Waals surface area contributed by atoms with Crippen LogP contribution < -0.4 is 10.6 Å². The van der Waals surface area contributed by atoms with Gasteiger partial charge in [0.25, 0.3) is 5.91 Å². The summed E-state index contributed by atoms with van der Waals surface area (Å²) in [4.78, 5) is 33.7. The number of benzene rings is 1. The third-order valence-corrected chi connectivity index (χ3v) is 2.85. The molecule has 132 valence electrons. The molecule has 1 atom stereocenters. The summed E-state index contributed by atoms with van der Waals surface area (Å²) in [6, 6.07) is 2.34. The Bertz CT molecular complexity index is 646. The van der Waals surface area contributed by atoms with E-state index in [1.54, 1.807) is 0 Å². The lowest BCUT2D eigenvalue weighted by molar-refractivity contribution is -0.148. The van der Waals surface area contributed by atoms with Crippen LogP contribution in [0.1, 0.15) is 22.8 Å². The lowest BCUT2D eigenvalue weighted by Crippen LogP contribution is -2.37. The SMILES string of the molecule is COC(CNC(=O)c1cc(NC(C)=O)cc(C(F)(F)F)c1)C(=O)O. The van der Waals surface area contributed by atoms with Crippen LogP contribution in [0.4, 0.5) is 18.9 Å². The van der Waals surface area contributed by atoms with Gasteiger partial charge in [0.1, 0.15) is 0 Å². The highest BCUT2D eigenvalue weighted by molar-refractivity contribution is 5.97. The molecule has 0 saturated carbocycles. The molecule has 0 saturated heterocycles. The highest BCUT2D eigenvalue weighted by Crippen LogP contribution is 2.32. The normalized spacial score (nSPS) is 12.4. The van der Waals surface area contributed by atoms with E-state index in [1.165, 1.54) is 0 Å². The number of ether oxygens (including phenoxy) is 1. The van der Waals surface area contributed by atoms with E-state index in [1.807, 2.05) is 0 Å². The number of rotatable bonds is 6. The first-order chi connectivity index (χ1) is 11.0. The molecule has 0 aromatic heterocycles. The second kappa shape index (κ2) is 7.77. The summed E-state index contributed by atoms with van der Waals surface area (Å²) in [5.74, 6) is -2.87. The van der Waals surface area contributed by atoms with Crippen molar-refractivity contribution >= 4 is 23.5 Å². The molecule has 1 rings (SSSR count). The van der Waals surface area contributed by atoms with Crippen molar-refractivity contribution in [3.05, 3.63) is 29.3 Å². The van der Waals surface area contributed by atoms with Crippen LogP contribution in [0, 0.1) is 0 Å². The smallest absolute Gasteiger partial charge is 0.416 e. The predicted molar refractivity (Wildman–Crippen MR) is 76.5 cm³/mol. The number of aliphatic carboxylic acids is 1. The number of anilines is 1. The third kappa shape index (κ3) is 5.54. The zero-order chi connectivity index (χ0) is 18.5. The minimum absolute atomic E-state index is 0.205. The largest absolute Gasteiger partial charge is 0.479 e. The maximum Gasteiger partial charge on any atom is 0.416 e. The molecule has 7 nitrogen and oxygen atoms in total. The molecule has 1 aromatic rings. The fourth-order valence-corrected chi connectivity index (χ4v) is 1.76. The van der Waals surface area contributed by atoms with E-state index in [0.717, 1.165) is 20.1 Å². The van der Waals surface area contributed by atoms with Gasteiger partial charge in [-0.1, -0.05) is 0 Å². The van der Waals surface area contributed by atoms with Gasteiger partial charge < -0.3 is 20.5 Å². The Labute approximate surface area is 134 Å². The Morgan fingerprint density at radius 1 is 1.25 bits per heavy atom. The second-order valence-electron chi connectivity index (χ2n) is 4.75. The average Bonchev–Trinajstić information content (AvgIpc) is 2.45. The zero-order valence-corrected chi connectivity index (χ0v) is 12.7. The first-order valence-electron chi connectivity index (χ1n) is 6.58. The quantitative estimate of drug-likeness (QED) is 0.722. The van der Waals surface area contributed by atoms with Gasteiger partial charge in [-0.25, -0.2) is 4.79 Å². The molecule has 0 aliphatic heterocycles. The van der Waals surface area contributed by atoms with Gasteiger partial charge in [0, 0.05) is 25.3 Å². The van der Waals surface area contributed by atoms with Crippen LogP contribution in [0.2, 0.25) is 0 Å². The van der Waals surface area contributed by atoms with E-state index in [9.17, 15) is 27.6 Å². The van der Waals surface area contributed by atoms with Crippen molar-refractivity contribution in [1.29, 1.82) is 0 Å². The number of alkyl halides is 3. The molecule has 1 aromatic carbocycles. The highest BCUT2D eigenvalue weighted by Gasteiger charge is 2.32. The van der Waals surface area contributed by atoms with Crippen molar-refractivity contribution in [2.24, 2.45) is 0 Å². The van der Waals surface area contributed by atoms with E-state index in [2.05, 4.69) is 15.4 Å². The van der Waals surface area contributed by atoms with Gasteiger partial charge in [-0.2, -0.15) is 13.2 Å². The summed E-state index contributed by atoms with van der Waals surface area (Å²) in [5, 5.41) is 13.1. The van der Waals surface area contributed by atoms with Crippen molar-refractivity contribution in [2.75, 3.05) is 19.0 Å². The lowest BCUT2D eigenvalue weighted by atomic mass is 10.1. The number of hydrogen-bond acceptors (Lipinski definition) is 4. The number of methoxy groups -OCH3 is 1. The van der Waals surface area contributed by atoms with Crippen LogP contribution in [0.5, 0.6) is 0 Å². The standard InChI is InChI=1S/C14H15F3N2O5/c1-7(20)19-10-4-8(3-9(5-10)14(15,16)17)12(21)18-6-11(24-2)13(22)23/h3-5,11H,6H2,1-2H3,(H,18,21)(H,19,20)(H,22,23). The number of carbonyl (C=O) groups is 3.